The normalized spacial score (nSPS) is 23.6. The molecule has 0 heterocycles. The molecule has 0 unspecified atom stereocenters. The average molecular weight is 249 g/mol. The molecule has 0 aliphatic heterocycles. The minimum absolute atomic E-state index is 0.100. The van der Waals surface area contributed by atoms with Crippen molar-refractivity contribution in [2.24, 2.45) is 5.92 Å². The van der Waals surface area contributed by atoms with Gasteiger partial charge in [-0.15, -0.1) is 0 Å². The number of phenols is 1. The van der Waals surface area contributed by atoms with E-state index in [2.05, 4.69) is 5.32 Å². The molecule has 1 saturated carbocycles. The van der Waals surface area contributed by atoms with Gasteiger partial charge in [0.25, 0.3) is 5.91 Å². The summed E-state index contributed by atoms with van der Waals surface area (Å²) in [6.45, 7) is 0.640. The number of aromatic hydroxyl groups is 1. The molecule has 0 bridgehead atoms. The monoisotopic (exact) mass is 249 g/mol. The fourth-order valence-corrected chi connectivity index (χ4v) is 2.34. The molecule has 1 aliphatic rings. The van der Waals surface area contributed by atoms with Crippen molar-refractivity contribution in [2.75, 3.05) is 6.54 Å². The summed E-state index contributed by atoms with van der Waals surface area (Å²) in [7, 11) is 0. The van der Waals surface area contributed by atoms with Gasteiger partial charge < -0.3 is 15.5 Å². The van der Waals surface area contributed by atoms with E-state index in [1.807, 2.05) is 0 Å². The number of rotatable bonds is 3. The number of amides is 1. The molecule has 18 heavy (non-hydrogen) atoms. The highest BCUT2D eigenvalue weighted by Crippen LogP contribution is 2.23. The summed E-state index contributed by atoms with van der Waals surface area (Å²) in [6.07, 6.45) is 3.41. The number of hydrogen-bond acceptors (Lipinski definition) is 3. The predicted molar refractivity (Wildman–Crippen MR) is 68.4 cm³/mol. The van der Waals surface area contributed by atoms with Crippen molar-refractivity contribution >= 4 is 5.91 Å². The number of benzene rings is 1. The van der Waals surface area contributed by atoms with Gasteiger partial charge in [0.1, 0.15) is 5.75 Å². The smallest absolute Gasteiger partial charge is 0.251 e. The standard InChI is InChI=1S/C14H19NO3/c16-12-6-4-10(5-7-12)9-15-14(18)11-2-1-3-13(17)8-11/h1-3,8,10,12,16-17H,4-7,9H2,(H,15,18). The number of nitrogens with one attached hydrogen (secondary N) is 1. The van der Waals surface area contributed by atoms with Gasteiger partial charge in [0.05, 0.1) is 6.10 Å². The van der Waals surface area contributed by atoms with E-state index in [0.29, 0.717) is 18.0 Å². The summed E-state index contributed by atoms with van der Waals surface area (Å²) in [6, 6.07) is 6.33. The summed E-state index contributed by atoms with van der Waals surface area (Å²) in [4.78, 5) is 11.8. The number of aliphatic hydroxyl groups excluding tert-OH is 1. The lowest BCUT2D eigenvalue weighted by atomic mass is 9.87. The Kier molecular flexibility index (Phi) is 4.20. The first kappa shape index (κ1) is 12.9. The zero-order chi connectivity index (χ0) is 13.0. The van der Waals surface area contributed by atoms with Crippen molar-refractivity contribution < 1.29 is 15.0 Å². The van der Waals surface area contributed by atoms with E-state index in [4.69, 9.17) is 0 Å². The van der Waals surface area contributed by atoms with E-state index in [1.54, 1.807) is 18.2 Å². The molecule has 3 N–H and O–H groups in total. The van der Waals surface area contributed by atoms with Crippen LogP contribution < -0.4 is 5.32 Å². The van der Waals surface area contributed by atoms with Crippen LogP contribution in [0.25, 0.3) is 0 Å². The highest BCUT2D eigenvalue weighted by molar-refractivity contribution is 5.94. The van der Waals surface area contributed by atoms with Crippen molar-refractivity contribution in [2.45, 2.75) is 31.8 Å². The predicted octanol–water partition coefficient (Wildman–Crippen LogP) is 1.67. The molecule has 0 spiro atoms. The van der Waals surface area contributed by atoms with Crippen LogP contribution >= 0.6 is 0 Å². The summed E-state index contributed by atoms with van der Waals surface area (Å²) in [5.41, 5.74) is 0.478. The molecular formula is C14H19NO3. The van der Waals surface area contributed by atoms with Gasteiger partial charge in [0, 0.05) is 12.1 Å². The van der Waals surface area contributed by atoms with Crippen LogP contribution in [0.2, 0.25) is 0 Å². The molecule has 4 heteroatoms. The molecule has 1 amide bonds. The minimum atomic E-state index is -0.164. The molecule has 1 aliphatic carbocycles. The van der Waals surface area contributed by atoms with Crippen LogP contribution in [0.3, 0.4) is 0 Å². The highest BCUT2D eigenvalue weighted by Gasteiger charge is 2.19. The molecule has 0 atom stereocenters. The van der Waals surface area contributed by atoms with Crippen molar-refractivity contribution in [3.63, 3.8) is 0 Å². The Hall–Kier alpha value is -1.55. The van der Waals surface area contributed by atoms with Gasteiger partial charge in [-0.05, 0) is 49.8 Å². The third-order valence-electron chi connectivity index (χ3n) is 3.48. The van der Waals surface area contributed by atoms with Crippen molar-refractivity contribution in [3.05, 3.63) is 29.8 Å². The molecule has 4 nitrogen and oxygen atoms in total. The van der Waals surface area contributed by atoms with Crippen molar-refractivity contribution in [3.8, 4) is 5.75 Å². The fourth-order valence-electron chi connectivity index (χ4n) is 2.34. The number of aliphatic hydroxyl groups is 1. The maximum atomic E-state index is 11.8. The van der Waals surface area contributed by atoms with Crippen LogP contribution in [-0.2, 0) is 0 Å². The summed E-state index contributed by atoms with van der Waals surface area (Å²) < 4.78 is 0. The second-order valence-corrected chi connectivity index (χ2v) is 4.93. The Labute approximate surface area is 107 Å². The summed E-state index contributed by atoms with van der Waals surface area (Å²) >= 11 is 0. The zero-order valence-electron chi connectivity index (χ0n) is 10.3. The largest absolute Gasteiger partial charge is 0.508 e. The van der Waals surface area contributed by atoms with E-state index in [0.717, 1.165) is 25.7 Å². The lowest BCUT2D eigenvalue weighted by Crippen LogP contribution is -2.32. The van der Waals surface area contributed by atoms with Crippen LogP contribution in [0.15, 0.2) is 24.3 Å². The topological polar surface area (TPSA) is 69.6 Å². The van der Waals surface area contributed by atoms with Gasteiger partial charge >= 0.3 is 0 Å². The zero-order valence-corrected chi connectivity index (χ0v) is 10.3. The fraction of sp³-hybridized carbons (Fsp3) is 0.500. The molecule has 0 saturated heterocycles. The number of phenolic OH excluding ortho intramolecular Hbond substituents is 1. The molecule has 1 aromatic carbocycles. The SMILES string of the molecule is O=C(NCC1CCC(O)CC1)c1cccc(O)c1. The van der Waals surface area contributed by atoms with Crippen LogP contribution in [0, 0.1) is 5.92 Å². The van der Waals surface area contributed by atoms with Gasteiger partial charge in [-0.3, -0.25) is 4.79 Å². The molecule has 1 aromatic rings. The van der Waals surface area contributed by atoms with Crippen LogP contribution in [0.5, 0.6) is 5.75 Å². The quantitative estimate of drug-likeness (QED) is 0.763. The summed E-state index contributed by atoms with van der Waals surface area (Å²) in [5, 5.41) is 21.6. The lowest BCUT2D eigenvalue weighted by molar-refractivity contribution is 0.0910. The van der Waals surface area contributed by atoms with Crippen LogP contribution in [0.1, 0.15) is 36.0 Å². The molecule has 2 rings (SSSR count). The van der Waals surface area contributed by atoms with E-state index in [1.165, 1.54) is 6.07 Å². The number of hydrogen-bond donors (Lipinski definition) is 3. The van der Waals surface area contributed by atoms with Crippen molar-refractivity contribution in [1.82, 2.24) is 5.32 Å². The Bertz CT molecular complexity index is 411. The third-order valence-corrected chi connectivity index (χ3v) is 3.48. The van der Waals surface area contributed by atoms with Gasteiger partial charge in [-0.1, -0.05) is 6.07 Å². The van der Waals surface area contributed by atoms with Crippen LogP contribution in [-0.4, -0.2) is 28.8 Å². The molecule has 98 valence electrons. The Balaban J connectivity index is 1.81. The minimum Gasteiger partial charge on any atom is -0.508 e. The Morgan fingerprint density at radius 2 is 2.00 bits per heavy atom. The molecular weight excluding hydrogens is 230 g/mol. The molecule has 0 aromatic heterocycles. The Morgan fingerprint density at radius 3 is 2.67 bits per heavy atom. The van der Waals surface area contributed by atoms with Gasteiger partial charge in [-0.25, -0.2) is 0 Å². The van der Waals surface area contributed by atoms with Crippen LogP contribution in [0.4, 0.5) is 0 Å². The highest BCUT2D eigenvalue weighted by atomic mass is 16.3. The van der Waals surface area contributed by atoms with E-state index in [-0.39, 0.29) is 17.8 Å². The van der Waals surface area contributed by atoms with E-state index >= 15 is 0 Å². The maximum Gasteiger partial charge on any atom is 0.251 e. The molecule has 0 radical (unpaired) electrons. The van der Waals surface area contributed by atoms with Crippen molar-refractivity contribution in [1.29, 1.82) is 0 Å². The van der Waals surface area contributed by atoms with E-state index < -0.39 is 0 Å². The molecule has 1 fully saturated rings. The first-order valence-electron chi connectivity index (χ1n) is 6.40. The van der Waals surface area contributed by atoms with Gasteiger partial charge in [0.2, 0.25) is 0 Å². The first-order valence-corrected chi connectivity index (χ1v) is 6.40. The van der Waals surface area contributed by atoms with E-state index in [9.17, 15) is 15.0 Å². The van der Waals surface area contributed by atoms with Gasteiger partial charge in [-0.2, -0.15) is 0 Å². The second-order valence-electron chi connectivity index (χ2n) is 4.93. The van der Waals surface area contributed by atoms with Gasteiger partial charge in [0.15, 0.2) is 0 Å². The average Bonchev–Trinajstić information content (AvgIpc) is 2.38. The second kappa shape index (κ2) is 5.87. The summed E-state index contributed by atoms with van der Waals surface area (Å²) in [5.74, 6) is 0.398. The number of carbonyl (C=O) groups is 1. The number of carbonyl (C=O) groups excluding carboxylic acids is 1. The third kappa shape index (κ3) is 3.47. The maximum absolute atomic E-state index is 11.8. The lowest BCUT2D eigenvalue weighted by Gasteiger charge is -2.25. The first-order chi connectivity index (χ1) is 8.65. The Morgan fingerprint density at radius 1 is 1.28 bits per heavy atom.